The van der Waals surface area contributed by atoms with Crippen LogP contribution in [-0.2, 0) is 23.7 Å². The molecule has 0 aromatic rings. The van der Waals surface area contributed by atoms with Crippen LogP contribution in [0.25, 0.3) is 0 Å². The first-order valence-electron chi connectivity index (χ1n) is 6.16. The molecule has 1 amide bonds. The van der Waals surface area contributed by atoms with E-state index in [1.807, 2.05) is 0 Å². The highest BCUT2D eigenvalue weighted by molar-refractivity contribution is 5.81. The summed E-state index contributed by atoms with van der Waals surface area (Å²) in [5.74, 6) is -1.18. The summed E-state index contributed by atoms with van der Waals surface area (Å²) < 4.78 is 20.9. The fourth-order valence-corrected chi connectivity index (χ4v) is 2.61. The lowest BCUT2D eigenvalue weighted by atomic mass is 9.98. The molecule has 0 aliphatic carbocycles. The number of amides is 1. The van der Waals surface area contributed by atoms with Crippen LogP contribution in [0.4, 0.5) is 4.79 Å². The molecule has 2 heterocycles. The number of ether oxygens (including phenoxy) is 4. The molecule has 108 valence electrons. The number of rotatable bonds is 1. The van der Waals surface area contributed by atoms with Gasteiger partial charge in [-0.2, -0.15) is 0 Å². The zero-order valence-electron chi connectivity index (χ0n) is 11.5. The molecule has 0 aromatic heterocycles. The normalized spacial score (nSPS) is 32.6. The van der Waals surface area contributed by atoms with Gasteiger partial charge in [-0.3, -0.25) is 4.90 Å². The average molecular weight is 273 g/mol. The molecule has 0 spiro atoms. The lowest BCUT2D eigenvalue weighted by Crippen LogP contribution is -2.56. The van der Waals surface area contributed by atoms with Crippen LogP contribution in [0.15, 0.2) is 0 Å². The largest absolute Gasteiger partial charge is 0.467 e. The zero-order chi connectivity index (χ0) is 14.2. The minimum absolute atomic E-state index is 0.222. The molecule has 19 heavy (non-hydrogen) atoms. The van der Waals surface area contributed by atoms with E-state index in [2.05, 4.69) is 0 Å². The van der Waals surface area contributed by atoms with Crippen LogP contribution in [0.5, 0.6) is 0 Å². The highest BCUT2D eigenvalue weighted by Gasteiger charge is 2.50. The zero-order valence-corrected chi connectivity index (χ0v) is 11.5. The van der Waals surface area contributed by atoms with E-state index in [1.165, 1.54) is 19.1 Å². The number of carbonyl (C=O) groups is 2. The Bertz CT molecular complexity index is 348. The third kappa shape index (κ3) is 2.66. The van der Waals surface area contributed by atoms with Gasteiger partial charge in [0.2, 0.25) is 0 Å². The van der Waals surface area contributed by atoms with Crippen molar-refractivity contribution >= 4 is 12.1 Å². The van der Waals surface area contributed by atoms with E-state index in [4.69, 9.17) is 18.9 Å². The van der Waals surface area contributed by atoms with E-state index in [9.17, 15) is 9.59 Å². The number of methoxy groups -OCH3 is 2. The Labute approximate surface area is 111 Å². The summed E-state index contributed by atoms with van der Waals surface area (Å²) in [4.78, 5) is 24.9. The van der Waals surface area contributed by atoms with Crippen LogP contribution >= 0.6 is 0 Å². The molecule has 7 nitrogen and oxygen atoms in total. The van der Waals surface area contributed by atoms with Crippen LogP contribution in [0, 0.1) is 0 Å². The van der Waals surface area contributed by atoms with Crippen molar-refractivity contribution in [1.82, 2.24) is 4.90 Å². The molecule has 0 bridgehead atoms. The molecule has 2 aliphatic rings. The number of fused-ring (bicyclic) bond motifs is 1. The maximum absolute atomic E-state index is 11.8. The van der Waals surface area contributed by atoms with Gasteiger partial charge < -0.3 is 18.9 Å². The Morgan fingerprint density at radius 1 is 1.16 bits per heavy atom. The van der Waals surface area contributed by atoms with E-state index in [-0.39, 0.29) is 18.8 Å². The van der Waals surface area contributed by atoms with Gasteiger partial charge >= 0.3 is 12.1 Å². The van der Waals surface area contributed by atoms with E-state index < -0.39 is 23.9 Å². The lowest BCUT2D eigenvalue weighted by Gasteiger charge is -2.37. The molecule has 2 saturated heterocycles. The highest BCUT2D eigenvalue weighted by atomic mass is 16.8. The Balaban J connectivity index is 2.18. The van der Waals surface area contributed by atoms with E-state index in [1.54, 1.807) is 13.8 Å². The Morgan fingerprint density at radius 3 is 2.37 bits per heavy atom. The van der Waals surface area contributed by atoms with Gasteiger partial charge in [0.15, 0.2) is 5.79 Å². The predicted molar refractivity (Wildman–Crippen MR) is 63.4 cm³/mol. The van der Waals surface area contributed by atoms with Gasteiger partial charge in [0.05, 0.1) is 26.9 Å². The summed E-state index contributed by atoms with van der Waals surface area (Å²) >= 11 is 0. The molecule has 0 unspecified atom stereocenters. The number of nitrogens with zero attached hydrogens (tertiary/aromatic N) is 1. The summed E-state index contributed by atoms with van der Waals surface area (Å²) in [7, 11) is 2.57. The third-order valence-electron chi connectivity index (χ3n) is 3.38. The van der Waals surface area contributed by atoms with Crippen molar-refractivity contribution in [3.05, 3.63) is 0 Å². The van der Waals surface area contributed by atoms with Crippen LogP contribution in [0.2, 0.25) is 0 Å². The molecular weight excluding hydrogens is 254 g/mol. The van der Waals surface area contributed by atoms with Crippen molar-refractivity contribution in [1.29, 1.82) is 0 Å². The second kappa shape index (κ2) is 4.97. The first kappa shape index (κ1) is 14.1. The number of carbonyl (C=O) groups excluding carboxylic acids is 2. The lowest BCUT2D eigenvalue weighted by molar-refractivity contribution is -0.150. The molecule has 2 rings (SSSR count). The van der Waals surface area contributed by atoms with E-state index >= 15 is 0 Å². The average Bonchev–Trinajstić information content (AvgIpc) is 2.68. The van der Waals surface area contributed by atoms with Crippen LogP contribution in [0.3, 0.4) is 0 Å². The van der Waals surface area contributed by atoms with Gasteiger partial charge in [0.25, 0.3) is 0 Å². The van der Waals surface area contributed by atoms with Crippen molar-refractivity contribution < 1.29 is 28.5 Å². The van der Waals surface area contributed by atoms with E-state index in [0.717, 1.165) is 0 Å². The minimum Gasteiger partial charge on any atom is -0.467 e. The molecule has 0 saturated carbocycles. The van der Waals surface area contributed by atoms with Gasteiger partial charge in [-0.05, 0) is 13.8 Å². The number of piperidine rings is 1. The second-order valence-electron chi connectivity index (χ2n) is 5.11. The van der Waals surface area contributed by atoms with E-state index in [0.29, 0.717) is 6.42 Å². The summed E-state index contributed by atoms with van der Waals surface area (Å²) in [6.07, 6.45) is -0.701. The SMILES string of the molecule is COC(=O)[C@@H]1C[C@H]2OC(C)(C)O[C@H]2CN1C(=O)OC. The second-order valence-corrected chi connectivity index (χ2v) is 5.11. The molecule has 3 atom stereocenters. The molecule has 0 aromatic carbocycles. The number of hydrogen-bond donors (Lipinski definition) is 0. The topological polar surface area (TPSA) is 74.3 Å². The van der Waals surface area contributed by atoms with Crippen molar-refractivity contribution in [2.75, 3.05) is 20.8 Å². The number of hydrogen-bond acceptors (Lipinski definition) is 6. The van der Waals surface area contributed by atoms with Crippen molar-refractivity contribution in [2.24, 2.45) is 0 Å². The van der Waals surface area contributed by atoms with Gasteiger partial charge in [-0.15, -0.1) is 0 Å². The first-order chi connectivity index (χ1) is 8.88. The Kier molecular flexibility index (Phi) is 3.69. The van der Waals surface area contributed by atoms with Crippen molar-refractivity contribution in [3.63, 3.8) is 0 Å². The minimum atomic E-state index is -0.706. The molecule has 0 N–H and O–H groups in total. The van der Waals surface area contributed by atoms with Crippen LogP contribution in [-0.4, -0.2) is 61.8 Å². The Morgan fingerprint density at radius 2 is 1.79 bits per heavy atom. The third-order valence-corrected chi connectivity index (χ3v) is 3.38. The Hall–Kier alpha value is -1.34. The predicted octanol–water partition coefficient (Wildman–Crippen LogP) is 0.520. The maximum atomic E-state index is 11.8. The van der Waals surface area contributed by atoms with Gasteiger partial charge in [-0.1, -0.05) is 0 Å². The number of likely N-dealkylation sites (tertiary alicyclic amines) is 1. The quantitative estimate of drug-likeness (QED) is 0.648. The molecular formula is C12H19NO6. The molecule has 2 aliphatic heterocycles. The van der Waals surface area contributed by atoms with Crippen LogP contribution < -0.4 is 0 Å². The standard InChI is InChI=1S/C12H19NO6/c1-12(2)18-8-5-7(10(14)16-3)13(11(15)17-4)6-9(8)19-12/h7-9H,5-6H2,1-4H3/t7-,8+,9-/m0/s1. The summed E-state index contributed by atoms with van der Waals surface area (Å²) in [5.41, 5.74) is 0. The summed E-state index contributed by atoms with van der Waals surface area (Å²) in [6.45, 7) is 3.86. The fourth-order valence-electron chi connectivity index (χ4n) is 2.61. The first-order valence-corrected chi connectivity index (χ1v) is 6.16. The summed E-state index contributed by atoms with van der Waals surface area (Å²) in [5, 5.41) is 0. The maximum Gasteiger partial charge on any atom is 0.410 e. The molecule has 2 fully saturated rings. The van der Waals surface area contributed by atoms with Gasteiger partial charge in [0.1, 0.15) is 12.1 Å². The molecule has 7 heteroatoms. The van der Waals surface area contributed by atoms with Crippen molar-refractivity contribution in [2.45, 2.75) is 44.3 Å². The van der Waals surface area contributed by atoms with Gasteiger partial charge in [-0.25, -0.2) is 9.59 Å². The highest BCUT2D eigenvalue weighted by Crippen LogP contribution is 2.35. The molecule has 0 radical (unpaired) electrons. The fraction of sp³-hybridized carbons (Fsp3) is 0.833. The van der Waals surface area contributed by atoms with Crippen molar-refractivity contribution in [3.8, 4) is 0 Å². The monoisotopic (exact) mass is 273 g/mol. The number of esters is 1. The summed E-state index contributed by atoms with van der Waals surface area (Å²) in [6, 6.07) is -0.698. The van der Waals surface area contributed by atoms with Crippen LogP contribution in [0.1, 0.15) is 20.3 Å². The smallest absolute Gasteiger partial charge is 0.410 e. The van der Waals surface area contributed by atoms with Gasteiger partial charge in [0, 0.05) is 6.42 Å².